The van der Waals surface area contributed by atoms with Crippen LogP contribution in [0.4, 0.5) is 15.8 Å². The zero-order valence-electron chi connectivity index (χ0n) is 20.6. The first-order valence-corrected chi connectivity index (χ1v) is 12.1. The van der Waals surface area contributed by atoms with Crippen LogP contribution in [0.1, 0.15) is 34.5 Å². The molecule has 1 unspecified atom stereocenters. The monoisotopic (exact) mass is 484 g/mol. The highest BCUT2D eigenvalue weighted by atomic mass is 19.1. The lowest BCUT2D eigenvalue weighted by atomic mass is 9.99. The molecule has 184 valence electrons. The number of hydrogen-bond donors (Lipinski definition) is 1. The molecule has 0 saturated heterocycles. The van der Waals surface area contributed by atoms with Gasteiger partial charge in [0.2, 0.25) is 0 Å². The standard InChI is InChI=1S/C30H29FN2O3/c1-19-11-13-23(16-27(19)30(34)35-3)33-18-24(36-29-15-22(31)12-14-28(29)33)17-32-20(2)25-10-6-8-21-7-4-5-9-26(21)25/h4-16,20,24,32H,17-18H2,1-3H3/t20-,24?/m1/s1. The van der Waals surface area contributed by atoms with Gasteiger partial charge in [-0.15, -0.1) is 0 Å². The van der Waals surface area contributed by atoms with Crippen molar-refractivity contribution in [2.75, 3.05) is 25.1 Å². The second kappa shape index (κ2) is 9.99. The van der Waals surface area contributed by atoms with Gasteiger partial charge in [0.1, 0.15) is 17.7 Å². The summed E-state index contributed by atoms with van der Waals surface area (Å²) in [6, 6.07) is 25.0. The summed E-state index contributed by atoms with van der Waals surface area (Å²) in [4.78, 5) is 14.4. The van der Waals surface area contributed by atoms with E-state index in [1.165, 1.54) is 35.6 Å². The lowest BCUT2D eigenvalue weighted by molar-refractivity contribution is 0.0600. The maximum absolute atomic E-state index is 14.1. The summed E-state index contributed by atoms with van der Waals surface area (Å²) >= 11 is 0. The first kappa shape index (κ1) is 23.8. The predicted molar refractivity (Wildman–Crippen MR) is 141 cm³/mol. The van der Waals surface area contributed by atoms with Gasteiger partial charge in [0.05, 0.1) is 24.9 Å². The van der Waals surface area contributed by atoms with Crippen LogP contribution in [0, 0.1) is 12.7 Å². The van der Waals surface area contributed by atoms with Crippen molar-refractivity contribution in [1.29, 1.82) is 0 Å². The fraction of sp³-hybridized carbons (Fsp3) is 0.233. The van der Waals surface area contributed by atoms with E-state index >= 15 is 0 Å². The van der Waals surface area contributed by atoms with Gasteiger partial charge in [0, 0.05) is 24.3 Å². The highest BCUT2D eigenvalue weighted by molar-refractivity contribution is 5.92. The van der Waals surface area contributed by atoms with E-state index < -0.39 is 0 Å². The van der Waals surface area contributed by atoms with E-state index in [4.69, 9.17) is 9.47 Å². The molecule has 0 bridgehead atoms. The van der Waals surface area contributed by atoms with Crippen molar-refractivity contribution in [3.8, 4) is 5.75 Å². The second-order valence-electron chi connectivity index (χ2n) is 9.15. The number of benzene rings is 4. The predicted octanol–water partition coefficient (Wildman–Crippen LogP) is 6.32. The van der Waals surface area contributed by atoms with Gasteiger partial charge in [-0.1, -0.05) is 48.5 Å². The van der Waals surface area contributed by atoms with E-state index in [1.54, 1.807) is 6.07 Å². The molecule has 1 aliphatic rings. The van der Waals surface area contributed by atoms with Crippen LogP contribution in [0.25, 0.3) is 10.8 Å². The minimum Gasteiger partial charge on any atom is -0.485 e. The Balaban J connectivity index is 1.41. The third-order valence-electron chi connectivity index (χ3n) is 6.77. The molecule has 5 nitrogen and oxygen atoms in total. The third-order valence-corrected chi connectivity index (χ3v) is 6.77. The van der Waals surface area contributed by atoms with Crippen LogP contribution in [-0.4, -0.2) is 32.3 Å². The number of hydrogen-bond acceptors (Lipinski definition) is 5. The number of aryl methyl sites for hydroxylation is 1. The molecule has 36 heavy (non-hydrogen) atoms. The van der Waals surface area contributed by atoms with Gasteiger partial charge in [-0.3, -0.25) is 0 Å². The number of nitrogens with one attached hydrogen (secondary N) is 1. The Morgan fingerprint density at radius 1 is 1.11 bits per heavy atom. The topological polar surface area (TPSA) is 50.8 Å². The van der Waals surface area contributed by atoms with Crippen LogP contribution in [0.15, 0.2) is 78.9 Å². The summed E-state index contributed by atoms with van der Waals surface area (Å²) in [6.45, 7) is 5.11. The van der Waals surface area contributed by atoms with E-state index in [0.717, 1.165) is 16.9 Å². The van der Waals surface area contributed by atoms with Gasteiger partial charge in [0.15, 0.2) is 0 Å². The molecule has 0 spiro atoms. The fourth-order valence-electron chi connectivity index (χ4n) is 4.83. The lowest BCUT2D eigenvalue weighted by Crippen LogP contribution is -2.44. The molecule has 1 heterocycles. The average molecular weight is 485 g/mol. The van der Waals surface area contributed by atoms with Gasteiger partial charge < -0.3 is 19.7 Å². The zero-order valence-corrected chi connectivity index (χ0v) is 20.6. The Hall–Kier alpha value is -3.90. The minimum atomic E-state index is -0.385. The molecule has 4 aromatic carbocycles. The molecule has 5 rings (SSSR count). The van der Waals surface area contributed by atoms with E-state index in [9.17, 15) is 9.18 Å². The normalized spacial score (nSPS) is 15.8. The van der Waals surface area contributed by atoms with Crippen LogP contribution >= 0.6 is 0 Å². The molecule has 6 heteroatoms. The Morgan fingerprint density at radius 2 is 1.92 bits per heavy atom. The third kappa shape index (κ3) is 4.64. The smallest absolute Gasteiger partial charge is 0.338 e. The maximum Gasteiger partial charge on any atom is 0.338 e. The van der Waals surface area contributed by atoms with E-state index in [1.807, 2.05) is 31.2 Å². The van der Waals surface area contributed by atoms with Crippen molar-refractivity contribution in [1.82, 2.24) is 5.32 Å². The van der Waals surface area contributed by atoms with Gasteiger partial charge >= 0.3 is 5.97 Å². The van der Waals surface area contributed by atoms with Gasteiger partial charge in [-0.05, 0) is 60.0 Å². The number of fused-ring (bicyclic) bond motifs is 2. The van der Waals surface area contributed by atoms with Crippen molar-refractivity contribution in [3.05, 3.63) is 101 Å². The Labute approximate surface area is 210 Å². The Morgan fingerprint density at radius 3 is 2.75 bits per heavy atom. The number of halogens is 1. The molecule has 0 amide bonds. The quantitative estimate of drug-likeness (QED) is 0.325. The van der Waals surface area contributed by atoms with Crippen molar-refractivity contribution < 1.29 is 18.7 Å². The number of anilines is 2. The zero-order chi connectivity index (χ0) is 25.2. The van der Waals surface area contributed by atoms with Crippen LogP contribution < -0.4 is 15.0 Å². The molecular weight excluding hydrogens is 455 g/mol. The number of nitrogens with zero attached hydrogens (tertiary/aromatic N) is 1. The lowest BCUT2D eigenvalue weighted by Gasteiger charge is -2.37. The summed E-state index contributed by atoms with van der Waals surface area (Å²) in [6.07, 6.45) is -0.236. The van der Waals surface area contributed by atoms with Crippen molar-refractivity contribution in [3.63, 3.8) is 0 Å². The minimum absolute atomic E-state index is 0.0901. The summed E-state index contributed by atoms with van der Waals surface area (Å²) in [5.74, 6) is -0.263. The van der Waals surface area contributed by atoms with Crippen molar-refractivity contribution in [2.24, 2.45) is 0 Å². The Kier molecular flexibility index (Phi) is 6.61. The molecular formula is C30H29FN2O3. The van der Waals surface area contributed by atoms with Crippen LogP contribution in [0.3, 0.4) is 0 Å². The fourth-order valence-corrected chi connectivity index (χ4v) is 4.83. The molecule has 2 atom stereocenters. The maximum atomic E-state index is 14.1. The van der Waals surface area contributed by atoms with Crippen LogP contribution in [-0.2, 0) is 4.74 Å². The SMILES string of the molecule is COC(=O)c1cc(N2CC(CN[C@H](C)c3cccc4ccccc34)Oc3cc(F)ccc32)ccc1C. The summed E-state index contributed by atoms with van der Waals surface area (Å²) in [7, 11) is 1.38. The summed E-state index contributed by atoms with van der Waals surface area (Å²) < 4.78 is 25.3. The van der Waals surface area contributed by atoms with Crippen molar-refractivity contribution >= 4 is 28.1 Å². The number of carbonyl (C=O) groups excluding carboxylic acids is 1. The summed E-state index contributed by atoms with van der Waals surface area (Å²) in [5.41, 5.74) is 4.14. The van der Waals surface area contributed by atoms with Gasteiger partial charge in [-0.2, -0.15) is 0 Å². The molecule has 0 aromatic heterocycles. The van der Waals surface area contributed by atoms with Crippen molar-refractivity contribution in [2.45, 2.75) is 26.0 Å². The molecule has 1 aliphatic heterocycles. The number of rotatable bonds is 6. The molecule has 0 saturated carbocycles. The second-order valence-corrected chi connectivity index (χ2v) is 9.15. The first-order valence-electron chi connectivity index (χ1n) is 12.1. The molecule has 4 aromatic rings. The molecule has 1 N–H and O–H groups in total. The number of methoxy groups -OCH3 is 1. The number of ether oxygens (including phenoxy) is 2. The van der Waals surface area contributed by atoms with Crippen LogP contribution in [0.5, 0.6) is 5.75 Å². The highest BCUT2D eigenvalue weighted by Gasteiger charge is 2.28. The number of esters is 1. The van der Waals surface area contributed by atoms with Gasteiger partial charge in [-0.25, -0.2) is 9.18 Å². The van der Waals surface area contributed by atoms with E-state index in [0.29, 0.717) is 24.4 Å². The van der Waals surface area contributed by atoms with E-state index in [-0.39, 0.29) is 23.9 Å². The molecule has 0 radical (unpaired) electrons. The highest BCUT2D eigenvalue weighted by Crippen LogP contribution is 2.39. The largest absolute Gasteiger partial charge is 0.485 e. The van der Waals surface area contributed by atoms with Crippen LogP contribution in [0.2, 0.25) is 0 Å². The van der Waals surface area contributed by atoms with Gasteiger partial charge in [0.25, 0.3) is 0 Å². The van der Waals surface area contributed by atoms with E-state index in [2.05, 4.69) is 53.5 Å². The average Bonchev–Trinajstić information content (AvgIpc) is 2.90. The first-order chi connectivity index (χ1) is 17.4. The number of carbonyl (C=O) groups is 1. The Bertz CT molecular complexity index is 1420. The summed E-state index contributed by atoms with van der Waals surface area (Å²) in [5, 5.41) is 6.03. The molecule has 0 fully saturated rings. The molecule has 0 aliphatic carbocycles.